The summed E-state index contributed by atoms with van der Waals surface area (Å²) in [4.78, 5) is 18.8. The van der Waals surface area contributed by atoms with E-state index >= 15 is 0 Å². The van der Waals surface area contributed by atoms with E-state index in [1.54, 1.807) is 18.2 Å². The Morgan fingerprint density at radius 3 is 2.41 bits per heavy atom. The quantitative estimate of drug-likeness (QED) is 0.209. The average molecular weight is 558 g/mol. The number of carbonyl (C=O) groups is 1. The number of guanidine groups is 1. The van der Waals surface area contributed by atoms with Crippen molar-refractivity contribution >= 4 is 35.8 Å². The van der Waals surface area contributed by atoms with Gasteiger partial charge in [-0.15, -0.1) is 24.0 Å². The molecule has 0 aliphatic carbocycles. The molecule has 9 heteroatoms. The summed E-state index contributed by atoms with van der Waals surface area (Å²) >= 11 is 0. The normalized spacial score (nSPS) is 12.9. The van der Waals surface area contributed by atoms with Crippen molar-refractivity contribution in [2.75, 3.05) is 13.1 Å². The van der Waals surface area contributed by atoms with E-state index in [1.165, 1.54) is 17.2 Å². The van der Waals surface area contributed by atoms with Crippen molar-refractivity contribution in [3.05, 3.63) is 65.2 Å². The maximum atomic E-state index is 12.6. The molecule has 1 amide bonds. The molecule has 2 aromatic carbocycles. The van der Waals surface area contributed by atoms with E-state index in [4.69, 9.17) is 0 Å². The molecule has 1 aliphatic rings. The van der Waals surface area contributed by atoms with Gasteiger partial charge in [-0.25, -0.2) is 4.99 Å². The van der Waals surface area contributed by atoms with Crippen LogP contribution in [0.2, 0.25) is 0 Å². The lowest BCUT2D eigenvalue weighted by molar-refractivity contribution is -0.131. The Labute approximate surface area is 204 Å². The second kappa shape index (κ2) is 13.2. The molecule has 0 spiro atoms. The Morgan fingerprint density at radius 1 is 1.09 bits per heavy atom. The number of benzene rings is 2. The minimum atomic E-state index is -2.88. The molecular weight excluding hydrogens is 529 g/mol. The fraction of sp³-hybridized carbons (Fsp3) is 0.391. The van der Waals surface area contributed by atoms with Gasteiger partial charge in [0.05, 0.1) is 6.54 Å². The molecule has 0 fully saturated rings. The van der Waals surface area contributed by atoms with Crippen LogP contribution in [-0.2, 0) is 24.4 Å². The van der Waals surface area contributed by atoms with E-state index in [2.05, 4.69) is 32.5 Å². The molecule has 2 aromatic rings. The highest BCUT2D eigenvalue weighted by Crippen LogP contribution is 2.23. The van der Waals surface area contributed by atoms with Crippen molar-refractivity contribution < 1.29 is 18.3 Å². The fourth-order valence-corrected chi connectivity index (χ4v) is 3.47. The number of fused-ring (bicyclic) bond motifs is 1. The predicted octanol–water partition coefficient (Wildman–Crippen LogP) is 4.28. The molecule has 174 valence electrons. The standard InChI is InChI=1S/C23H28F2N4O2.HI/c1-2-26-23(28-14-17-8-5-6-11-20(17)31-22(24)25)27-13-7-12-21(30)29-15-18-9-3-4-10-19(18)16-29;/h3-6,8-11,22H,2,7,12-16H2,1H3,(H2,26,27,28);1H. The van der Waals surface area contributed by atoms with Crippen molar-refractivity contribution in [1.29, 1.82) is 0 Å². The van der Waals surface area contributed by atoms with Gasteiger partial charge in [0, 0.05) is 38.2 Å². The predicted molar refractivity (Wildman–Crippen MR) is 131 cm³/mol. The number of nitrogens with one attached hydrogen (secondary N) is 2. The van der Waals surface area contributed by atoms with E-state index in [0.717, 1.165) is 0 Å². The second-order valence-electron chi connectivity index (χ2n) is 7.23. The van der Waals surface area contributed by atoms with E-state index in [9.17, 15) is 13.6 Å². The van der Waals surface area contributed by atoms with Gasteiger partial charge in [-0.05, 0) is 30.5 Å². The largest absolute Gasteiger partial charge is 0.434 e. The number of halogens is 3. The van der Waals surface area contributed by atoms with Crippen molar-refractivity contribution in [3.63, 3.8) is 0 Å². The molecule has 32 heavy (non-hydrogen) atoms. The molecule has 0 atom stereocenters. The maximum Gasteiger partial charge on any atom is 0.387 e. The van der Waals surface area contributed by atoms with E-state index in [-0.39, 0.29) is 42.2 Å². The summed E-state index contributed by atoms with van der Waals surface area (Å²) in [5.41, 5.74) is 3.00. The molecule has 1 heterocycles. The smallest absolute Gasteiger partial charge is 0.387 e. The zero-order valence-corrected chi connectivity index (χ0v) is 20.4. The van der Waals surface area contributed by atoms with Crippen LogP contribution in [0.15, 0.2) is 53.5 Å². The highest BCUT2D eigenvalue weighted by molar-refractivity contribution is 14.0. The number of ether oxygens (including phenoxy) is 1. The van der Waals surface area contributed by atoms with E-state index in [0.29, 0.717) is 50.5 Å². The lowest BCUT2D eigenvalue weighted by Gasteiger charge is -2.16. The van der Waals surface area contributed by atoms with Gasteiger partial charge in [0.2, 0.25) is 5.91 Å². The third-order valence-corrected chi connectivity index (χ3v) is 4.99. The Bertz CT molecular complexity index is 886. The highest BCUT2D eigenvalue weighted by atomic mass is 127. The number of amides is 1. The van der Waals surface area contributed by atoms with Crippen molar-refractivity contribution in [3.8, 4) is 5.75 Å². The van der Waals surface area contributed by atoms with Gasteiger partial charge in [-0.2, -0.15) is 8.78 Å². The number of aliphatic imine (C=N–C) groups is 1. The van der Waals surface area contributed by atoms with Gasteiger partial charge < -0.3 is 20.3 Å². The van der Waals surface area contributed by atoms with Crippen LogP contribution in [0.1, 0.15) is 36.5 Å². The van der Waals surface area contributed by atoms with Crippen molar-refractivity contribution in [1.82, 2.24) is 15.5 Å². The molecule has 1 aliphatic heterocycles. The average Bonchev–Trinajstić information content (AvgIpc) is 3.20. The first-order valence-electron chi connectivity index (χ1n) is 10.5. The van der Waals surface area contributed by atoms with Crippen LogP contribution < -0.4 is 15.4 Å². The molecule has 0 radical (unpaired) electrons. The van der Waals surface area contributed by atoms with Gasteiger partial charge in [-0.3, -0.25) is 4.79 Å². The molecule has 2 N–H and O–H groups in total. The van der Waals surface area contributed by atoms with Crippen LogP contribution in [0.25, 0.3) is 0 Å². The second-order valence-corrected chi connectivity index (χ2v) is 7.23. The van der Waals surface area contributed by atoms with Crippen LogP contribution in [0.4, 0.5) is 8.78 Å². The van der Waals surface area contributed by atoms with Gasteiger partial charge in [0.1, 0.15) is 5.75 Å². The summed E-state index contributed by atoms with van der Waals surface area (Å²) in [6.07, 6.45) is 1.12. The first kappa shape index (κ1) is 25.8. The van der Waals surface area contributed by atoms with Crippen molar-refractivity contribution in [2.45, 2.75) is 46.0 Å². The van der Waals surface area contributed by atoms with Crippen LogP contribution in [-0.4, -0.2) is 36.5 Å². The van der Waals surface area contributed by atoms with E-state index < -0.39 is 6.61 Å². The molecule has 0 saturated heterocycles. The highest BCUT2D eigenvalue weighted by Gasteiger charge is 2.22. The van der Waals surface area contributed by atoms with Gasteiger partial charge in [0.25, 0.3) is 0 Å². The number of hydrogen-bond donors (Lipinski definition) is 2. The number of nitrogens with zero attached hydrogens (tertiary/aromatic N) is 2. The maximum absolute atomic E-state index is 12.6. The Hall–Kier alpha value is -2.43. The first-order chi connectivity index (χ1) is 15.1. The van der Waals surface area contributed by atoms with Gasteiger partial charge in [0.15, 0.2) is 5.96 Å². The molecule has 6 nitrogen and oxygen atoms in total. The first-order valence-corrected chi connectivity index (χ1v) is 10.5. The molecule has 0 saturated carbocycles. The Morgan fingerprint density at radius 2 is 1.75 bits per heavy atom. The summed E-state index contributed by atoms with van der Waals surface area (Å²) in [5.74, 6) is 0.822. The van der Waals surface area contributed by atoms with Crippen LogP contribution in [0.3, 0.4) is 0 Å². The minimum absolute atomic E-state index is 0. The molecule has 0 unspecified atom stereocenters. The lowest BCUT2D eigenvalue weighted by Crippen LogP contribution is -2.38. The molecule has 0 bridgehead atoms. The summed E-state index contributed by atoms with van der Waals surface area (Å²) in [5, 5.41) is 6.32. The zero-order chi connectivity index (χ0) is 22.1. The van der Waals surface area contributed by atoms with Crippen LogP contribution >= 0.6 is 24.0 Å². The van der Waals surface area contributed by atoms with Crippen LogP contribution in [0.5, 0.6) is 5.75 Å². The van der Waals surface area contributed by atoms with E-state index in [1.807, 2.05) is 24.0 Å². The minimum Gasteiger partial charge on any atom is -0.434 e. The summed E-state index contributed by atoms with van der Waals surface area (Å²) < 4.78 is 29.7. The zero-order valence-electron chi connectivity index (χ0n) is 18.0. The monoisotopic (exact) mass is 558 g/mol. The number of rotatable bonds is 9. The van der Waals surface area contributed by atoms with Crippen molar-refractivity contribution in [2.24, 2.45) is 4.99 Å². The Kier molecular flexibility index (Phi) is 10.6. The number of alkyl halides is 2. The lowest BCUT2D eigenvalue weighted by atomic mass is 10.1. The molecule has 3 rings (SSSR count). The summed E-state index contributed by atoms with van der Waals surface area (Å²) in [7, 11) is 0. The van der Waals surface area contributed by atoms with Gasteiger partial charge in [-0.1, -0.05) is 42.5 Å². The van der Waals surface area contributed by atoms with Crippen LogP contribution in [0, 0.1) is 0 Å². The molecular formula is C23H29F2IN4O2. The SMILES string of the molecule is CCNC(=NCc1ccccc1OC(F)F)NCCCC(=O)N1Cc2ccccc2C1.I. The number of carbonyl (C=O) groups excluding carboxylic acids is 1. The fourth-order valence-electron chi connectivity index (χ4n) is 3.47. The topological polar surface area (TPSA) is 66.0 Å². The third kappa shape index (κ3) is 7.61. The third-order valence-electron chi connectivity index (χ3n) is 4.99. The Balaban J connectivity index is 0.00000363. The summed E-state index contributed by atoms with van der Waals surface area (Å²) in [6, 6.07) is 14.7. The number of para-hydroxylation sites is 1. The number of hydrogen-bond acceptors (Lipinski definition) is 3. The molecule has 0 aromatic heterocycles. The summed E-state index contributed by atoms with van der Waals surface area (Å²) in [6.45, 7) is 1.85. The van der Waals surface area contributed by atoms with Gasteiger partial charge >= 0.3 is 6.61 Å².